The van der Waals surface area contributed by atoms with Crippen LogP contribution in [0.2, 0.25) is 0 Å². The van der Waals surface area contributed by atoms with Gasteiger partial charge in [-0.1, -0.05) is 30.3 Å². The number of hydrogen-bond acceptors (Lipinski definition) is 8. The zero-order chi connectivity index (χ0) is 22.9. The van der Waals surface area contributed by atoms with Crippen LogP contribution in [0.5, 0.6) is 11.5 Å². The standard InChI is InChI=1S/C26H32N6O2/c1-30-11-13-32(14-12-30)26-28-22-16-24-23(33-18-34-24)15-21(22)25(29-26)27-20-7-9-31(10-8-20)17-19-5-3-2-4-6-19/h2-6,15-16,20H,7-14,17-18H2,1H3,(H,27,28,29). The molecule has 0 unspecified atom stereocenters. The number of aromatic nitrogens is 2. The molecular formula is C26H32N6O2. The van der Waals surface area contributed by atoms with Crippen LogP contribution in [-0.2, 0) is 6.54 Å². The normalized spacial score (nSPS) is 19.6. The minimum Gasteiger partial charge on any atom is -0.454 e. The number of piperidine rings is 1. The van der Waals surface area contributed by atoms with E-state index in [0.29, 0.717) is 6.04 Å². The number of nitrogens with zero attached hydrogens (tertiary/aromatic N) is 5. The zero-order valence-electron chi connectivity index (χ0n) is 19.7. The van der Waals surface area contributed by atoms with Gasteiger partial charge in [-0.2, -0.15) is 4.98 Å². The number of ether oxygens (including phenoxy) is 2. The highest BCUT2D eigenvalue weighted by Crippen LogP contribution is 2.38. The van der Waals surface area contributed by atoms with E-state index in [-0.39, 0.29) is 6.79 Å². The number of nitrogens with one attached hydrogen (secondary N) is 1. The molecule has 0 atom stereocenters. The third-order valence-corrected chi connectivity index (χ3v) is 7.14. The monoisotopic (exact) mass is 460 g/mol. The lowest BCUT2D eigenvalue weighted by atomic mass is 10.0. The third-order valence-electron chi connectivity index (χ3n) is 7.14. The first-order valence-corrected chi connectivity index (χ1v) is 12.3. The molecule has 4 heterocycles. The molecular weight excluding hydrogens is 428 g/mol. The van der Waals surface area contributed by atoms with Gasteiger partial charge in [0.25, 0.3) is 0 Å². The lowest BCUT2D eigenvalue weighted by Crippen LogP contribution is -2.45. The van der Waals surface area contributed by atoms with E-state index in [9.17, 15) is 0 Å². The Hall–Kier alpha value is -3.10. The fraction of sp³-hybridized carbons (Fsp3) is 0.462. The van der Waals surface area contributed by atoms with E-state index in [2.05, 4.69) is 57.4 Å². The molecule has 2 saturated heterocycles. The number of benzene rings is 2. The van der Waals surface area contributed by atoms with E-state index in [0.717, 1.165) is 92.8 Å². The molecule has 8 heteroatoms. The van der Waals surface area contributed by atoms with Crippen LogP contribution in [0.4, 0.5) is 11.8 Å². The van der Waals surface area contributed by atoms with E-state index in [1.165, 1.54) is 5.56 Å². The van der Waals surface area contributed by atoms with Gasteiger partial charge in [-0.3, -0.25) is 4.90 Å². The molecule has 1 aromatic heterocycles. The Morgan fingerprint density at radius 1 is 0.912 bits per heavy atom. The van der Waals surface area contributed by atoms with Gasteiger partial charge in [0.1, 0.15) is 5.82 Å². The van der Waals surface area contributed by atoms with E-state index in [4.69, 9.17) is 19.4 Å². The highest BCUT2D eigenvalue weighted by Gasteiger charge is 2.24. The predicted octanol–water partition coefficient (Wildman–Crippen LogP) is 3.19. The van der Waals surface area contributed by atoms with Crippen molar-refractivity contribution >= 4 is 22.7 Å². The lowest BCUT2D eigenvalue weighted by Gasteiger charge is -2.34. The van der Waals surface area contributed by atoms with Gasteiger partial charge in [-0.05, 0) is 31.5 Å². The number of hydrogen-bond donors (Lipinski definition) is 1. The molecule has 34 heavy (non-hydrogen) atoms. The molecule has 0 spiro atoms. The topological polar surface area (TPSA) is 66.0 Å². The predicted molar refractivity (Wildman–Crippen MR) is 134 cm³/mol. The summed E-state index contributed by atoms with van der Waals surface area (Å²) in [6, 6.07) is 15.1. The van der Waals surface area contributed by atoms with Gasteiger partial charge >= 0.3 is 0 Å². The average molecular weight is 461 g/mol. The summed E-state index contributed by atoms with van der Waals surface area (Å²) in [6.45, 7) is 7.33. The first-order chi connectivity index (χ1) is 16.7. The first kappa shape index (κ1) is 21.4. The maximum atomic E-state index is 5.65. The molecule has 3 aliphatic heterocycles. The highest BCUT2D eigenvalue weighted by atomic mass is 16.7. The largest absolute Gasteiger partial charge is 0.454 e. The van der Waals surface area contributed by atoms with Crippen LogP contribution in [0.1, 0.15) is 18.4 Å². The number of fused-ring (bicyclic) bond motifs is 2. The summed E-state index contributed by atoms with van der Waals surface area (Å²) in [6.07, 6.45) is 2.18. The van der Waals surface area contributed by atoms with Crippen molar-refractivity contribution in [3.8, 4) is 11.5 Å². The first-order valence-electron chi connectivity index (χ1n) is 12.3. The molecule has 178 valence electrons. The molecule has 8 nitrogen and oxygen atoms in total. The van der Waals surface area contributed by atoms with E-state index < -0.39 is 0 Å². The lowest BCUT2D eigenvalue weighted by molar-refractivity contribution is 0.174. The van der Waals surface area contributed by atoms with Crippen molar-refractivity contribution in [2.24, 2.45) is 0 Å². The van der Waals surface area contributed by atoms with Crippen LogP contribution in [0, 0.1) is 0 Å². The fourth-order valence-electron chi connectivity index (χ4n) is 5.03. The van der Waals surface area contributed by atoms with Crippen LogP contribution >= 0.6 is 0 Å². The Bertz CT molecular complexity index is 1140. The summed E-state index contributed by atoms with van der Waals surface area (Å²) in [7, 11) is 2.16. The van der Waals surface area contributed by atoms with Crippen molar-refractivity contribution < 1.29 is 9.47 Å². The van der Waals surface area contributed by atoms with Crippen LogP contribution in [0.3, 0.4) is 0 Å². The number of piperazine rings is 1. The summed E-state index contributed by atoms with van der Waals surface area (Å²) in [5.74, 6) is 3.22. The maximum absolute atomic E-state index is 5.65. The molecule has 0 saturated carbocycles. The summed E-state index contributed by atoms with van der Waals surface area (Å²) < 4.78 is 11.3. The second-order valence-electron chi connectivity index (χ2n) is 9.57. The van der Waals surface area contributed by atoms with Gasteiger partial charge in [0.15, 0.2) is 11.5 Å². The highest BCUT2D eigenvalue weighted by molar-refractivity contribution is 5.93. The molecule has 0 bridgehead atoms. The number of anilines is 2. The number of likely N-dealkylation sites (N-methyl/N-ethyl adjacent to an activating group) is 1. The van der Waals surface area contributed by atoms with Crippen molar-refractivity contribution in [2.75, 3.05) is 63.3 Å². The van der Waals surface area contributed by atoms with Crippen LogP contribution in [-0.4, -0.2) is 78.9 Å². The summed E-state index contributed by atoms with van der Waals surface area (Å²) in [5.41, 5.74) is 2.28. The second-order valence-corrected chi connectivity index (χ2v) is 9.57. The van der Waals surface area contributed by atoms with Crippen molar-refractivity contribution in [1.82, 2.24) is 19.8 Å². The van der Waals surface area contributed by atoms with E-state index in [1.54, 1.807) is 0 Å². The molecule has 0 radical (unpaired) electrons. The van der Waals surface area contributed by atoms with Crippen molar-refractivity contribution in [2.45, 2.75) is 25.4 Å². The molecule has 3 aromatic rings. The molecule has 3 aliphatic rings. The second kappa shape index (κ2) is 9.27. The minimum absolute atomic E-state index is 0.257. The fourth-order valence-corrected chi connectivity index (χ4v) is 5.03. The van der Waals surface area contributed by atoms with Gasteiger partial charge in [0.2, 0.25) is 12.7 Å². The Balaban J connectivity index is 1.22. The van der Waals surface area contributed by atoms with Gasteiger partial charge in [0, 0.05) is 63.3 Å². The molecule has 0 aliphatic carbocycles. The summed E-state index contributed by atoms with van der Waals surface area (Å²) in [4.78, 5) is 17.1. The van der Waals surface area contributed by atoms with Gasteiger partial charge in [-0.25, -0.2) is 4.98 Å². The maximum Gasteiger partial charge on any atom is 0.231 e. The third kappa shape index (κ3) is 4.48. The van der Waals surface area contributed by atoms with Gasteiger partial charge in [0.05, 0.1) is 5.52 Å². The number of rotatable bonds is 5. The van der Waals surface area contributed by atoms with Crippen molar-refractivity contribution in [3.05, 3.63) is 48.0 Å². The smallest absolute Gasteiger partial charge is 0.231 e. The van der Waals surface area contributed by atoms with Crippen LogP contribution in [0.25, 0.3) is 10.9 Å². The number of likely N-dealkylation sites (tertiary alicyclic amines) is 1. The van der Waals surface area contributed by atoms with E-state index in [1.807, 2.05) is 12.1 Å². The molecule has 6 rings (SSSR count). The Morgan fingerprint density at radius 2 is 1.65 bits per heavy atom. The van der Waals surface area contributed by atoms with Crippen LogP contribution in [0.15, 0.2) is 42.5 Å². The van der Waals surface area contributed by atoms with Gasteiger partial charge < -0.3 is 24.6 Å². The summed E-state index contributed by atoms with van der Waals surface area (Å²) in [5, 5.41) is 4.77. The zero-order valence-corrected chi connectivity index (χ0v) is 19.7. The average Bonchev–Trinajstić information content (AvgIpc) is 3.32. The molecule has 0 amide bonds. The van der Waals surface area contributed by atoms with Crippen molar-refractivity contribution in [1.29, 1.82) is 0 Å². The van der Waals surface area contributed by atoms with Gasteiger partial charge in [-0.15, -0.1) is 0 Å². The minimum atomic E-state index is 0.257. The van der Waals surface area contributed by atoms with Crippen LogP contribution < -0.4 is 19.7 Å². The molecule has 1 N–H and O–H groups in total. The molecule has 2 aromatic carbocycles. The Labute approximate surface area is 200 Å². The Kier molecular flexibility index (Phi) is 5.84. The molecule has 2 fully saturated rings. The van der Waals surface area contributed by atoms with E-state index >= 15 is 0 Å². The SMILES string of the molecule is CN1CCN(c2nc(NC3CCN(Cc4ccccc4)CC3)c3cc4c(cc3n2)OCO4)CC1. The summed E-state index contributed by atoms with van der Waals surface area (Å²) >= 11 is 0. The Morgan fingerprint density at radius 3 is 2.41 bits per heavy atom. The quantitative estimate of drug-likeness (QED) is 0.623. The van der Waals surface area contributed by atoms with Crippen molar-refractivity contribution in [3.63, 3.8) is 0 Å².